The monoisotopic (exact) mass is 516 g/mol. The van der Waals surface area contributed by atoms with Crippen LogP contribution >= 0.6 is 0 Å². The fourth-order valence-electron chi connectivity index (χ4n) is 4.26. The normalized spacial score (nSPS) is 16.8. The SMILES string of the molecule is CC(C)O[C@@H]1C[C@@H](C(=O)OCc2ccccc2)N(C(=O)CNC(=O)c2ccc(Oc3ccccc3)cc2)C1. The molecule has 0 radical (unpaired) electrons. The summed E-state index contributed by atoms with van der Waals surface area (Å²) in [5.74, 6) is 0.0183. The van der Waals surface area contributed by atoms with Crippen LogP contribution in [-0.4, -0.2) is 54.0 Å². The largest absolute Gasteiger partial charge is 0.459 e. The first-order chi connectivity index (χ1) is 18.4. The van der Waals surface area contributed by atoms with Gasteiger partial charge in [-0.05, 0) is 55.8 Å². The van der Waals surface area contributed by atoms with Crippen LogP contribution in [0.3, 0.4) is 0 Å². The smallest absolute Gasteiger partial charge is 0.329 e. The third-order valence-corrected chi connectivity index (χ3v) is 6.04. The molecule has 0 aliphatic carbocycles. The summed E-state index contributed by atoms with van der Waals surface area (Å²) in [6.45, 7) is 3.93. The Morgan fingerprint density at radius 2 is 1.53 bits per heavy atom. The van der Waals surface area contributed by atoms with Crippen molar-refractivity contribution in [2.24, 2.45) is 0 Å². The van der Waals surface area contributed by atoms with E-state index in [0.717, 1.165) is 5.56 Å². The molecule has 2 amide bonds. The molecule has 1 N–H and O–H groups in total. The van der Waals surface area contributed by atoms with Crippen molar-refractivity contribution in [2.75, 3.05) is 13.1 Å². The molecule has 2 atom stereocenters. The van der Waals surface area contributed by atoms with Crippen LogP contribution in [0, 0.1) is 0 Å². The van der Waals surface area contributed by atoms with Gasteiger partial charge in [-0.2, -0.15) is 0 Å². The average molecular weight is 517 g/mol. The van der Waals surface area contributed by atoms with Crippen LogP contribution in [0.25, 0.3) is 0 Å². The van der Waals surface area contributed by atoms with Crippen molar-refractivity contribution in [1.29, 1.82) is 0 Å². The second-order valence-corrected chi connectivity index (χ2v) is 9.32. The van der Waals surface area contributed by atoms with Crippen LogP contribution in [0.4, 0.5) is 0 Å². The molecule has 8 heteroatoms. The molecule has 3 aromatic carbocycles. The number of rotatable bonds is 10. The Kier molecular flexibility index (Phi) is 9.11. The number of hydrogen-bond donors (Lipinski definition) is 1. The number of carbonyl (C=O) groups excluding carboxylic acids is 3. The van der Waals surface area contributed by atoms with E-state index in [4.69, 9.17) is 14.2 Å². The maximum atomic E-state index is 13.1. The number of esters is 1. The molecule has 1 heterocycles. The molecule has 38 heavy (non-hydrogen) atoms. The second kappa shape index (κ2) is 12.9. The van der Waals surface area contributed by atoms with E-state index in [0.29, 0.717) is 23.5 Å². The molecule has 0 saturated carbocycles. The van der Waals surface area contributed by atoms with Gasteiger partial charge in [0.1, 0.15) is 24.1 Å². The molecule has 1 aliphatic rings. The van der Waals surface area contributed by atoms with E-state index in [1.165, 1.54) is 4.90 Å². The maximum absolute atomic E-state index is 13.1. The number of carbonyl (C=O) groups is 3. The van der Waals surface area contributed by atoms with Crippen molar-refractivity contribution in [2.45, 2.75) is 45.1 Å². The predicted octanol–water partition coefficient (Wildman–Crippen LogP) is 4.35. The van der Waals surface area contributed by atoms with E-state index >= 15 is 0 Å². The number of para-hydroxylation sites is 1. The van der Waals surface area contributed by atoms with Crippen molar-refractivity contribution < 1.29 is 28.6 Å². The summed E-state index contributed by atoms with van der Waals surface area (Å²) >= 11 is 0. The summed E-state index contributed by atoms with van der Waals surface area (Å²) in [5.41, 5.74) is 1.25. The molecule has 0 unspecified atom stereocenters. The zero-order chi connectivity index (χ0) is 26.9. The van der Waals surface area contributed by atoms with Gasteiger partial charge in [-0.3, -0.25) is 9.59 Å². The Hall–Kier alpha value is -4.17. The first-order valence-corrected chi connectivity index (χ1v) is 12.7. The highest BCUT2D eigenvalue weighted by Gasteiger charge is 2.41. The molecule has 8 nitrogen and oxygen atoms in total. The number of hydrogen-bond acceptors (Lipinski definition) is 6. The summed E-state index contributed by atoms with van der Waals surface area (Å²) in [6, 6.07) is 24.5. The Morgan fingerprint density at radius 1 is 0.895 bits per heavy atom. The molecule has 0 bridgehead atoms. The molecule has 0 aromatic heterocycles. The minimum Gasteiger partial charge on any atom is -0.459 e. The number of ether oxygens (including phenoxy) is 3. The molecule has 4 rings (SSSR count). The van der Waals surface area contributed by atoms with Gasteiger partial charge in [0.2, 0.25) is 5.91 Å². The van der Waals surface area contributed by atoms with E-state index in [2.05, 4.69) is 5.32 Å². The summed E-state index contributed by atoms with van der Waals surface area (Å²) < 4.78 is 17.1. The number of nitrogens with zero attached hydrogens (tertiary/aromatic N) is 1. The van der Waals surface area contributed by atoms with Crippen LogP contribution in [-0.2, 0) is 25.7 Å². The molecule has 1 fully saturated rings. The molecule has 1 aliphatic heterocycles. The van der Waals surface area contributed by atoms with Gasteiger partial charge in [0.05, 0.1) is 18.8 Å². The Morgan fingerprint density at radius 3 is 2.18 bits per heavy atom. The van der Waals surface area contributed by atoms with Crippen molar-refractivity contribution >= 4 is 17.8 Å². The molecule has 198 valence electrons. The second-order valence-electron chi connectivity index (χ2n) is 9.32. The van der Waals surface area contributed by atoms with E-state index in [9.17, 15) is 14.4 Å². The fourth-order valence-corrected chi connectivity index (χ4v) is 4.26. The highest BCUT2D eigenvalue weighted by atomic mass is 16.5. The van der Waals surface area contributed by atoms with Gasteiger partial charge in [-0.1, -0.05) is 48.5 Å². The summed E-state index contributed by atoms with van der Waals surface area (Å²) in [5, 5.41) is 2.65. The third-order valence-electron chi connectivity index (χ3n) is 6.04. The Balaban J connectivity index is 1.33. The predicted molar refractivity (Wildman–Crippen MR) is 142 cm³/mol. The van der Waals surface area contributed by atoms with Gasteiger partial charge in [0.25, 0.3) is 5.91 Å². The lowest BCUT2D eigenvalue weighted by Gasteiger charge is -2.23. The number of amides is 2. The van der Waals surface area contributed by atoms with Crippen LogP contribution in [0.1, 0.15) is 36.2 Å². The van der Waals surface area contributed by atoms with Crippen LogP contribution in [0.15, 0.2) is 84.9 Å². The van der Waals surface area contributed by atoms with Crippen LogP contribution in [0.5, 0.6) is 11.5 Å². The number of nitrogens with one attached hydrogen (secondary N) is 1. The highest BCUT2D eigenvalue weighted by molar-refractivity contribution is 5.97. The van der Waals surface area contributed by atoms with E-state index in [1.807, 2.05) is 74.5 Å². The van der Waals surface area contributed by atoms with E-state index < -0.39 is 17.9 Å². The lowest BCUT2D eigenvalue weighted by molar-refractivity contribution is -0.154. The molecule has 0 spiro atoms. The molecule has 3 aromatic rings. The minimum absolute atomic E-state index is 0.0513. The fraction of sp³-hybridized carbons (Fsp3) is 0.300. The summed E-state index contributed by atoms with van der Waals surface area (Å²) in [7, 11) is 0. The van der Waals surface area contributed by atoms with E-state index in [1.54, 1.807) is 24.3 Å². The number of benzene rings is 3. The first kappa shape index (κ1) is 26.9. The lowest BCUT2D eigenvalue weighted by atomic mass is 10.2. The summed E-state index contributed by atoms with van der Waals surface area (Å²) in [4.78, 5) is 40.1. The standard InChI is InChI=1S/C30H32N2O6/c1-21(2)37-26-17-27(30(35)36-20-22-9-5-3-6-10-22)32(19-26)28(33)18-31-29(34)23-13-15-25(16-14-23)38-24-11-7-4-8-12-24/h3-16,21,26-27H,17-20H2,1-2H3,(H,31,34)/t26-,27+/m1/s1. The quantitative estimate of drug-likeness (QED) is 0.403. The van der Waals surface area contributed by atoms with Gasteiger partial charge >= 0.3 is 5.97 Å². The molecular formula is C30H32N2O6. The van der Waals surface area contributed by atoms with Crippen LogP contribution < -0.4 is 10.1 Å². The lowest BCUT2D eigenvalue weighted by Crippen LogP contribution is -2.46. The van der Waals surface area contributed by atoms with Crippen LogP contribution in [0.2, 0.25) is 0 Å². The average Bonchev–Trinajstić information content (AvgIpc) is 3.35. The minimum atomic E-state index is -0.777. The van der Waals surface area contributed by atoms with Crippen molar-refractivity contribution in [1.82, 2.24) is 10.2 Å². The summed E-state index contributed by atoms with van der Waals surface area (Å²) in [6.07, 6.45) is -0.000338. The highest BCUT2D eigenvalue weighted by Crippen LogP contribution is 2.24. The van der Waals surface area contributed by atoms with E-state index in [-0.39, 0.29) is 37.8 Å². The van der Waals surface area contributed by atoms with Gasteiger partial charge in [-0.15, -0.1) is 0 Å². The van der Waals surface area contributed by atoms with Gasteiger partial charge in [0.15, 0.2) is 0 Å². The topological polar surface area (TPSA) is 94.2 Å². The van der Waals surface area contributed by atoms with Gasteiger partial charge in [-0.25, -0.2) is 4.79 Å². The Labute approximate surface area is 222 Å². The maximum Gasteiger partial charge on any atom is 0.329 e. The zero-order valence-corrected chi connectivity index (χ0v) is 21.5. The van der Waals surface area contributed by atoms with Gasteiger partial charge < -0.3 is 24.4 Å². The molecule has 1 saturated heterocycles. The van der Waals surface area contributed by atoms with Gasteiger partial charge in [0, 0.05) is 18.5 Å². The molecular weight excluding hydrogens is 484 g/mol. The number of likely N-dealkylation sites (tertiary alicyclic amines) is 1. The van der Waals surface area contributed by atoms with Crippen molar-refractivity contribution in [3.63, 3.8) is 0 Å². The van der Waals surface area contributed by atoms with Crippen molar-refractivity contribution in [3.8, 4) is 11.5 Å². The zero-order valence-electron chi connectivity index (χ0n) is 21.5. The first-order valence-electron chi connectivity index (χ1n) is 12.7. The Bertz CT molecular complexity index is 1210. The third kappa shape index (κ3) is 7.43. The van der Waals surface area contributed by atoms with Crippen molar-refractivity contribution in [3.05, 3.63) is 96.1 Å².